The molecule has 0 radical (unpaired) electrons. The van der Waals surface area contributed by atoms with Gasteiger partial charge < -0.3 is 20.3 Å². The van der Waals surface area contributed by atoms with Gasteiger partial charge in [0.15, 0.2) is 6.61 Å². The number of para-hydroxylation sites is 1. The predicted molar refractivity (Wildman–Crippen MR) is 97.9 cm³/mol. The maximum atomic E-state index is 12.2. The van der Waals surface area contributed by atoms with Crippen molar-refractivity contribution in [3.05, 3.63) is 30.3 Å². The van der Waals surface area contributed by atoms with Crippen LogP contribution in [0.25, 0.3) is 0 Å². The molecule has 1 aromatic rings. The number of esters is 1. The van der Waals surface area contributed by atoms with Crippen molar-refractivity contribution in [2.24, 2.45) is 5.92 Å². The van der Waals surface area contributed by atoms with Crippen molar-refractivity contribution in [3.8, 4) is 0 Å². The summed E-state index contributed by atoms with van der Waals surface area (Å²) in [5.74, 6) is -1.55. The molecule has 1 heterocycles. The van der Waals surface area contributed by atoms with Crippen molar-refractivity contribution in [2.45, 2.75) is 19.8 Å². The second kappa shape index (κ2) is 10.1. The molecule has 3 N–H and O–H groups in total. The lowest BCUT2D eigenvalue weighted by atomic mass is 9.97. The minimum Gasteiger partial charge on any atom is -0.455 e. The first-order chi connectivity index (χ1) is 13.0. The van der Waals surface area contributed by atoms with E-state index < -0.39 is 24.5 Å². The number of carbonyl (C=O) groups is 4. The van der Waals surface area contributed by atoms with Gasteiger partial charge in [-0.3, -0.25) is 14.9 Å². The number of imide groups is 1. The molecule has 1 saturated heterocycles. The molecule has 0 unspecified atom stereocenters. The molecule has 0 aliphatic carbocycles. The van der Waals surface area contributed by atoms with Crippen LogP contribution >= 0.6 is 0 Å². The molecule has 1 aliphatic heterocycles. The van der Waals surface area contributed by atoms with Gasteiger partial charge in [0.25, 0.3) is 5.91 Å². The lowest BCUT2D eigenvalue weighted by Gasteiger charge is -2.30. The molecule has 5 amide bonds. The number of ether oxygens (including phenoxy) is 1. The van der Waals surface area contributed by atoms with Crippen LogP contribution in [0.5, 0.6) is 0 Å². The third-order valence-corrected chi connectivity index (χ3v) is 4.08. The van der Waals surface area contributed by atoms with Gasteiger partial charge in [0, 0.05) is 25.3 Å². The summed E-state index contributed by atoms with van der Waals surface area (Å²) in [5.41, 5.74) is 0.710. The number of likely N-dealkylation sites (tertiary alicyclic amines) is 1. The lowest BCUT2D eigenvalue weighted by molar-refractivity contribution is -0.153. The van der Waals surface area contributed by atoms with Crippen LogP contribution in [-0.2, 0) is 14.3 Å². The van der Waals surface area contributed by atoms with Crippen molar-refractivity contribution in [2.75, 3.05) is 31.6 Å². The van der Waals surface area contributed by atoms with Crippen LogP contribution in [0, 0.1) is 5.92 Å². The highest BCUT2D eigenvalue weighted by Crippen LogP contribution is 2.19. The van der Waals surface area contributed by atoms with Gasteiger partial charge in [-0.05, 0) is 31.9 Å². The third-order valence-electron chi connectivity index (χ3n) is 4.08. The Balaban J connectivity index is 1.70. The highest BCUT2D eigenvalue weighted by Gasteiger charge is 2.28. The third kappa shape index (κ3) is 6.61. The van der Waals surface area contributed by atoms with Gasteiger partial charge in [-0.1, -0.05) is 18.2 Å². The topological polar surface area (TPSA) is 117 Å². The van der Waals surface area contributed by atoms with Crippen molar-refractivity contribution < 1.29 is 23.9 Å². The van der Waals surface area contributed by atoms with Gasteiger partial charge in [-0.25, -0.2) is 9.59 Å². The van der Waals surface area contributed by atoms with Crippen LogP contribution in [0.1, 0.15) is 19.8 Å². The van der Waals surface area contributed by atoms with E-state index in [4.69, 9.17) is 4.74 Å². The molecule has 27 heavy (non-hydrogen) atoms. The molecular formula is C18H24N4O5. The van der Waals surface area contributed by atoms with Gasteiger partial charge >= 0.3 is 18.0 Å². The Bertz CT molecular complexity index is 672. The Labute approximate surface area is 157 Å². The summed E-state index contributed by atoms with van der Waals surface area (Å²) < 4.78 is 4.96. The van der Waals surface area contributed by atoms with E-state index in [1.54, 1.807) is 24.0 Å². The van der Waals surface area contributed by atoms with E-state index in [2.05, 4.69) is 16.0 Å². The number of benzene rings is 1. The minimum absolute atomic E-state index is 0.214. The molecule has 0 bridgehead atoms. The van der Waals surface area contributed by atoms with Crippen molar-refractivity contribution in [1.29, 1.82) is 0 Å². The van der Waals surface area contributed by atoms with Crippen LogP contribution in [0.3, 0.4) is 0 Å². The second-order valence-electron chi connectivity index (χ2n) is 6.07. The molecular weight excluding hydrogens is 352 g/mol. The van der Waals surface area contributed by atoms with Crippen LogP contribution in [0.2, 0.25) is 0 Å². The lowest BCUT2D eigenvalue weighted by Crippen LogP contribution is -2.44. The molecule has 1 fully saturated rings. The number of urea groups is 2. The summed E-state index contributed by atoms with van der Waals surface area (Å²) in [6.07, 6.45) is 0.915. The molecule has 0 saturated carbocycles. The molecule has 9 nitrogen and oxygen atoms in total. The molecule has 0 spiro atoms. The summed E-state index contributed by atoms with van der Waals surface area (Å²) in [6.45, 7) is 2.43. The van der Waals surface area contributed by atoms with E-state index in [0.29, 0.717) is 38.2 Å². The highest BCUT2D eigenvalue weighted by molar-refractivity contribution is 5.95. The van der Waals surface area contributed by atoms with E-state index >= 15 is 0 Å². The number of rotatable bonds is 5. The normalized spacial score (nSPS) is 14.2. The molecule has 2 rings (SSSR count). The molecule has 9 heteroatoms. The van der Waals surface area contributed by atoms with Gasteiger partial charge in [0.05, 0.1) is 5.92 Å². The van der Waals surface area contributed by atoms with E-state index in [1.807, 2.05) is 18.2 Å². The number of hydrogen-bond donors (Lipinski definition) is 3. The Kier molecular flexibility index (Phi) is 7.60. The molecule has 1 aromatic carbocycles. The Morgan fingerprint density at radius 1 is 1.11 bits per heavy atom. The van der Waals surface area contributed by atoms with E-state index in [0.717, 1.165) is 0 Å². The first-order valence-corrected chi connectivity index (χ1v) is 8.85. The standard InChI is InChI=1S/C18H24N4O5/c1-2-19-17(25)21-15(23)12-27-16(24)13-8-10-22(11-9-13)18(26)20-14-6-4-3-5-7-14/h3-7,13H,2,8-12H2,1H3,(H,20,26)(H2,19,21,23,25). The van der Waals surface area contributed by atoms with E-state index in [1.165, 1.54) is 0 Å². The number of carbonyl (C=O) groups excluding carboxylic acids is 4. The van der Waals surface area contributed by atoms with Crippen LogP contribution < -0.4 is 16.0 Å². The number of piperidine rings is 1. The van der Waals surface area contributed by atoms with Gasteiger partial charge in [-0.15, -0.1) is 0 Å². The molecule has 0 atom stereocenters. The smallest absolute Gasteiger partial charge is 0.321 e. The van der Waals surface area contributed by atoms with E-state index in [-0.39, 0.29) is 11.9 Å². The highest BCUT2D eigenvalue weighted by atomic mass is 16.5. The Morgan fingerprint density at radius 2 is 1.78 bits per heavy atom. The van der Waals surface area contributed by atoms with Crippen molar-refractivity contribution >= 4 is 29.6 Å². The number of anilines is 1. The number of hydrogen-bond acceptors (Lipinski definition) is 5. The first kappa shape index (κ1) is 20.2. The maximum absolute atomic E-state index is 12.2. The summed E-state index contributed by atoms with van der Waals surface area (Å²) in [6, 6.07) is 8.29. The molecule has 146 valence electrons. The number of amides is 5. The summed E-state index contributed by atoms with van der Waals surface area (Å²) in [4.78, 5) is 48.6. The van der Waals surface area contributed by atoms with Gasteiger partial charge in [0.1, 0.15) is 0 Å². The SMILES string of the molecule is CCNC(=O)NC(=O)COC(=O)C1CCN(C(=O)Nc2ccccc2)CC1. The molecule has 1 aliphatic rings. The fraction of sp³-hybridized carbons (Fsp3) is 0.444. The van der Waals surface area contributed by atoms with Gasteiger partial charge in [-0.2, -0.15) is 0 Å². The Hall–Kier alpha value is -3.10. The number of nitrogens with one attached hydrogen (secondary N) is 3. The van der Waals surface area contributed by atoms with Crippen LogP contribution in [-0.4, -0.2) is 55.1 Å². The zero-order valence-electron chi connectivity index (χ0n) is 15.2. The summed E-state index contributed by atoms with van der Waals surface area (Å²) >= 11 is 0. The fourth-order valence-electron chi connectivity index (χ4n) is 2.66. The van der Waals surface area contributed by atoms with Crippen LogP contribution in [0.15, 0.2) is 30.3 Å². The fourth-order valence-corrected chi connectivity index (χ4v) is 2.66. The number of nitrogens with zero attached hydrogens (tertiary/aromatic N) is 1. The van der Waals surface area contributed by atoms with E-state index in [9.17, 15) is 19.2 Å². The second-order valence-corrected chi connectivity index (χ2v) is 6.07. The molecule has 0 aromatic heterocycles. The van der Waals surface area contributed by atoms with Gasteiger partial charge in [0.2, 0.25) is 0 Å². The zero-order chi connectivity index (χ0) is 19.6. The quantitative estimate of drug-likeness (QED) is 0.670. The zero-order valence-corrected chi connectivity index (χ0v) is 15.2. The average molecular weight is 376 g/mol. The van der Waals surface area contributed by atoms with Crippen molar-refractivity contribution in [1.82, 2.24) is 15.5 Å². The summed E-state index contributed by atoms with van der Waals surface area (Å²) in [7, 11) is 0. The summed E-state index contributed by atoms with van der Waals surface area (Å²) in [5, 5.41) is 7.27. The largest absolute Gasteiger partial charge is 0.455 e. The van der Waals surface area contributed by atoms with Crippen LogP contribution in [0.4, 0.5) is 15.3 Å². The van der Waals surface area contributed by atoms with Crippen molar-refractivity contribution in [3.63, 3.8) is 0 Å². The minimum atomic E-state index is -0.686. The average Bonchev–Trinajstić information content (AvgIpc) is 2.67. The Morgan fingerprint density at radius 3 is 2.41 bits per heavy atom. The maximum Gasteiger partial charge on any atom is 0.321 e. The monoisotopic (exact) mass is 376 g/mol. The predicted octanol–water partition coefficient (Wildman–Crippen LogP) is 1.32. The first-order valence-electron chi connectivity index (χ1n) is 8.85.